The molecule has 39 heavy (non-hydrogen) atoms. The van der Waals surface area contributed by atoms with E-state index in [0.29, 0.717) is 11.6 Å². The van der Waals surface area contributed by atoms with Crippen LogP contribution < -0.4 is 13.7 Å². The molecule has 6 rings (SSSR count). The maximum Gasteiger partial charge on any atom is 0.306 e. The molecule has 6 aromatic rings. The zero-order chi connectivity index (χ0) is 27.7. The summed E-state index contributed by atoms with van der Waals surface area (Å²) in [6, 6.07) is 29.4. The summed E-state index contributed by atoms with van der Waals surface area (Å²) in [6.07, 6.45) is 2.45. The Morgan fingerprint density at radius 1 is 0.667 bits per heavy atom. The molecular weight excluding hydrogens is 520 g/mol. The molecule has 9 nitrogen and oxygen atoms in total. The van der Waals surface area contributed by atoms with Crippen molar-refractivity contribution in [2.75, 3.05) is 20.5 Å². The van der Waals surface area contributed by atoms with Crippen LogP contribution in [0.2, 0.25) is 0 Å². The predicted octanol–water partition coefficient (Wildman–Crippen LogP) is 6.36. The number of hydrogen-bond donors (Lipinski definition) is 0. The largest absolute Gasteiger partial charge is 0.497 e. The van der Waals surface area contributed by atoms with Crippen LogP contribution >= 0.6 is 0 Å². The van der Waals surface area contributed by atoms with Gasteiger partial charge in [-0.1, -0.05) is 24.3 Å². The highest BCUT2D eigenvalue weighted by atomic mass is 32.2. The topological polar surface area (TPSA) is 114 Å². The van der Waals surface area contributed by atoms with Gasteiger partial charge in [-0.3, -0.25) is 0 Å². The summed E-state index contributed by atoms with van der Waals surface area (Å²) in [5.74, 6) is 2.39. The van der Waals surface area contributed by atoms with Crippen LogP contribution in [-0.4, -0.2) is 38.9 Å². The second-order valence-electron chi connectivity index (χ2n) is 8.00. The van der Waals surface area contributed by atoms with Crippen LogP contribution in [0.25, 0.3) is 33.7 Å². The number of oxazole rings is 2. The van der Waals surface area contributed by atoms with E-state index in [4.69, 9.17) is 18.3 Å². The number of methoxy groups -OCH3 is 2. The Labute approximate surface area is 225 Å². The zero-order valence-electron chi connectivity index (χ0n) is 21.5. The molecule has 10 heteroatoms. The van der Waals surface area contributed by atoms with Gasteiger partial charge in [0.1, 0.15) is 28.3 Å². The average Bonchev–Trinajstić information content (AvgIpc) is 3.61. The maximum absolute atomic E-state index is 10.7. The normalized spacial score (nSPS) is 10.6. The number of ether oxygens (including phenoxy) is 2. The van der Waals surface area contributed by atoms with Gasteiger partial charge in [-0.2, -0.15) is 8.42 Å². The van der Waals surface area contributed by atoms with E-state index in [1.165, 1.54) is 25.6 Å². The minimum absolute atomic E-state index is 0.281. The van der Waals surface area contributed by atoms with Gasteiger partial charge in [0.05, 0.1) is 20.5 Å². The lowest BCUT2D eigenvalue weighted by molar-refractivity contribution is 0.413. The Morgan fingerprint density at radius 2 is 1.21 bits per heavy atom. The van der Waals surface area contributed by atoms with Crippen molar-refractivity contribution in [2.45, 2.75) is 0 Å². The molecule has 0 N–H and O–H groups in total. The molecule has 0 amide bonds. The molecule has 0 saturated heterocycles. The van der Waals surface area contributed by atoms with Gasteiger partial charge in [0.15, 0.2) is 17.6 Å². The fourth-order valence-corrected chi connectivity index (χ4v) is 3.80. The fraction of sp³-hybridized carbons (Fsp3) is 0.103. The Bertz CT molecular complexity index is 1660. The van der Waals surface area contributed by atoms with Gasteiger partial charge >= 0.3 is 10.1 Å². The molecule has 0 aliphatic rings. The van der Waals surface area contributed by atoms with Crippen molar-refractivity contribution in [3.8, 4) is 28.7 Å². The first kappa shape index (κ1) is 27.2. The predicted molar refractivity (Wildman–Crippen MR) is 148 cm³/mol. The summed E-state index contributed by atoms with van der Waals surface area (Å²) >= 11 is 0. The smallest absolute Gasteiger partial charge is 0.306 e. The molecule has 0 spiro atoms. The SMILES string of the molecule is COc1ccc(-c2nc3ccccc3o2)cc1.COc1ccc(OS(C)(=O)=O)cc1.c1ccc2ocnc2c1. The molecule has 0 radical (unpaired) electrons. The van der Waals surface area contributed by atoms with Gasteiger partial charge in [0.25, 0.3) is 0 Å². The van der Waals surface area contributed by atoms with Crippen LogP contribution in [0.5, 0.6) is 17.2 Å². The van der Waals surface area contributed by atoms with E-state index in [2.05, 4.69) is 14.2 Å². The number of para-hydroxylation sites is 4. The number of aromatic nitrogens is 2. The quantitative estimate of drug-likeness (QED) is 0.228. The number of hydrogen-bond acceptors (Lipinski definition) is 9. The third kappa shape index (κ3) is 7.83. The molecule has 2 aromatic heterocycles. The van der Waals surface area contributed by atoms with Crippen molar-refractivity contribution in [1.29, 1.82) is 0 Å². The summed E-state index contributed by atoms with van der Waals surface area (Å²) in [7, 11) is -0.256. The molecule has 200 valence electrons. The third-order valence-electron chi connectivity index (χ3n) is 5.17. The van der Waals surface area contributed by atoms with Crippen LogP contribution in [0.15, 0.2) is 112 Å². The van der Waals surface area contributed by atoms with Crippen LogP contribution in [0.1, 0.15) is 0 Å². The highest BCUT2D eigenvalue weighted by Crippen LogP contribution is 2.25. The second kappa shape index (κ2) is 12.6. The van der Waals surface area contributed by atoms with E-state index < -0.39 is 10.1 Å². The number of benzene rings is 4. The maximum atomic E-state index is 10.7. The summed E-state index contributed by atoms with van der Waals surface area (Å²) in [6.45, 7) is 0. The lowest BCUT2D eigenvalue weighted by Gasteiger charge is -2.03. The van der Waals surface area contributed by atoms with E-state index in [-0.39, 0.29) is 5.75 Å². The van der Waals surface area contributed by atoms with E-state index in [9.17, 15) is 8.42 Å². The van der Waals surface area contributed by atoms with Crippen molar-refractivity contribution in [2.24, 2.45) is 0 Å². The molecule has 0 atom stereocenters. The van der Waals surface area contributed by atoms with Crippen molar-refractivity contribution >= 4 is 32.3 Å². The molecule has 0 aliphatic carbocycles. The Balaban J connectivity index is 0.000000143. The molecule has 0 bridgehead atoms. The first-order valence-corrected chi connectivity index (χ1v) is 13.5. The van der Waals surface area contributed by atoms with Gasteiger partial charge in [-0.25, -0.2) is 9.97 Å². The molecule has 0 fully saturated rings. The minimum Gasteiger partial charge on any atom is -0.497 e. The van der Waals surface area contributed by atoms with Crippen molar-refractivity contribution < 1.29 is 30.9 Å². The lowest BCUT2D eigenvalue weighted by atomic mass is 10.2. The van der Waals surface area contributed by atoms with Gasteiger partial charge in [0, 0.05) is 5.56 Å². The van der Waals surface area contributed by atoms with Crippen molar-refractivity contribution in [1.82, 2.24) is 9.97 Å². The molecule has 0 saturated carbocycles. The van der Waals surface area contributed by atoms with Crippen LogP contribution in [-0.2, 0) is 10.1 Å². The fourth-order valence-electron chi connectivity index (χ4n) is 3.34. The van der Waals surface area contributed by atoms with Gasteiger partial charge in [0.2, 0.25) is 5.89 Å². The van der Waals surface area contributed by atoms with Gasteiger partial charge in [-0.15, -0.1) is 0 Å². The lowest BCUT2D eigenvalue weighted by Crippen LogP contribution is -2.05. The highest BCUT2D eigenvalue weighted by Gasteiger charge is 2.07. The molecule has 2 heterocycles. The Kier molecular flexibility index (Phi) is 8.80. The van der Waals surface area contributed by atoms with Crippen LogP contribution in [0, 0.1) is 0 Å². The Morgan fingerprint density at radius 3 is 1.77 bits per heavy atom. The molecule has 4 aromatic carbocycles. The Hall–Kier alpha value is -4.83. The van der Waals surface area contributed by atoms with E-state index in [0.717, 1.165) is 39.8 Å². The first-order valence-electron chi connectivity index (χ1n) is 11.7. The molecular formula is C29H26N2O7S. The molecule has 0 aliphatic heterocycles. The van der Waals surface area contributed by atoms with E-state index >= 15 is 0 Å². The van der Waals surface area contributed by atoms with Crippen LogP contribution in [0.3, 0.4) is 0 Å². The van der Waals surface area contributed by atoms with Crippen molar-refractivity contribution in [3.05, 3.63) is 103 Å². The zero-order valence-corrected chi connectivity index (χ0v) is 22.3. The summed E-state index contributed by atoms with van der Waals surface area (Å²) in [4.78, 5) is 8.38. The minimum atomic E-state index is -3.44. The van der Waals surface area contributed by atoms with Gasteiger partial charge in [-0.05, 0) is 72.8 Å². The standard InChI is InChI=1S/C14H11NO2.C8H10O4S.C7H5NO/c1-16-11-8-6-10(7-9-11)14-15-12-4-2-3-5-13(12)17-14;1-11-7-3-5-8(6-4-7)12-13(2,9)10;1-2-4-7-6(3-1)8-5-9-7/h2-9H,1H3;3-6H,1-2H3;1-5H. The van der Waals surface area contributed by atoms with Crippen LogP contribution in [0.4, 0.5) is 0 Å². The third-order valence-corrected chi connectivity index (χ3v) is 5.67. The number of rotatable bonds is 5. The summed E-state index contributed by atoms with van der Waals surface area (Å²) < 4.78 is 46.7. The molecule has 0 unspecified atom stereocenters. The van der Waals surface area contributed by atoms with E-state index in [1.54, 1.807) is 19.2 Å². The first-order chi connectivity index (χ1) is 18.8. The number of nitrogens with zero attached hydrogens (tertiary/aromatic N) is 2. The van der Waals surface area contributed by atoms with Gasteiger partial charge < -0.3 is 22.5 Å². The number of fused-ring (bicyclic) bond motifs is 2. The highest BCUT2D eigenvalue weighted by molar-refractivity contribution is 7.86. The monoisotopic (exact) mass is 546 g/mol. The second-order valence-corrected chi connectivity index (χ2v) is 9.57. The van der Waals surface area contributed by atoms with Crippen molar-refractivity contribution in [3.63, 3.8) is 0 Å². The summed E-state index contributed by atoms with van der Waals surface area (Å²) in [5.41, 5.74) is 4.38. The average molecular weight is 547 g/mol. The van der Waals surface area contributed by atoms with E-state index in [1.807, 2.05) is 72.8 Å². The summed E-state index contributed by atoms with van der Waals surface area (Å²) in [5, 5.41) is 0.